The van der Waals surface area contributed by atoms with Gasteiger partial charge in [-0.1, -0.05) is 41.2 Å². The number of likely N-dealkylation sites (tertiary alicyclic amines) is 1. The molecule has 5 rings (SSSR count). The van der Waals surface area contributed by atoms with Gasteiger partial charge in [0.1, 0.15) is 10.8 Å². The lowest BCUT2D eigenvalue weighted by atomic mass is 9.97. The fraction of sp³-hybridized carbons (Fsp3) is 0.360. The lowest BCUT2D eigenvalue weighted by molar-refractivity contribution is -0.137. The Bertz CT molecular complexity index is 1180. The van der Waals surface area contributed by atoms with Crippen LogP contribution in [0, 0.1) is 18.7 Å². The summed E-state index contributed by atoms with van der Waals surface area (Å²) in [5.41, 5.74) is 2.42. The van der Waals surface area contributed by atoms with Gasteiger partial charge < -0.3 is 9.80 Å². The number of piperidine rings is 1. The van der Waals surface area contributed by atoms with Crippen molar-refractivity contribution in [3.05, 3.63) is 64.9 Å². The van der Waals surface area contributed by atoms with Gasteiger partial charge in [-0.25, -0.2) is 4.39 Å². The molecule has 2 aliphatic heterocycles. The van der Waals surface area contributed by atoms with Crippen LogP contribution in [0.4, 0.5) is 10.1 Å². The molecule has 2 unspecified atom stereocenters. The molecule has 0 spiro atoms. The monoisotopic (exact) mass is 464 g/mol. The SMILES string of the molecule is Cc1ccc(N2CC(C(=O)N3CCCC(c4nnc(-c5ccccc5F)s4)C3)CC2=O)cc1. The highest BCUT2D eigenvalue weighted by molar-refractivity contribution is 7.14. The van der Waals surface area contributed by atoms with Crippen LogP contribution in [0.5, 0.6) is 0 Å². The third-order valence-electron chi connectivity index (χ3n) is 6.45. The molecule has 3 aromatic rings. The molecular formula is C25H25FN4O2S. The first-order valence-electron chi connectivity index (χ1n) is 11.2. The average molecular weight is 465 g/mol. The predicted octanol–water partition coefficient (Wildman–Crippen LogP) is 4.41. The second kappa shape index (κ2) is 9.02. The number of benzene rings is 2. The van der Waals surface area contributed by atoms with E-state index in [9.17, 15) is 14.0 Å². The Morgan fingerprint density at radius 3 is 2.67 bits per heavy atom. The number of hydrogen-bond donors (Lipinski definition) is 0. The molecule has 0 aliphatic carbocycles. The van der Waals surface area contributed by atoms with Crippen molar-refractivity contribution in [1.82, 2.24) is 15.1 Å². The number of anilines is 1. The van der Waals surface area contributed by atoms with Crippen molar-refractivity contribution in [2.24, 2.45) is 5.92 Å². The molecule has 2 saturated heterocycles. The number of aryl methyl sites for hydroxylation is 1. The lowest BCUT2D eigenvalue weighted by Crippen LogP contribution is -2.43. The highest BCUT2D eigenvalue weighted by Crippen LogP contribution is 2.35. The first kappa shape index (κ1) is 21.7. The van der Waals surface area contributed by atoms with E-state index in [1.165, 1.54) is 17.4 Å². The van der Waals surface area contributed by atoms with Crippen molar-refractivity contribution in [2.75, 3.05) is 24.5 Å². The van der Waals surface area contributed by atoms with Crippen LogP contribution in [-0.2, 0) is 9.59 Å². The molecule has 1 aromatic heterocycles. The second-order valence-electron chi connectivity index (χ2n) is 8.79. The van der Waals surface area contributed by atoms with E-state index < -0.39 is 0 Å². The van der Waals surface area contributed by atoms with E-state index in [1.807, 2.05) is 36.1 Å². The topological polar surface area (TPSA) is 66.4 Å². The summed E-state index contributed by atoms with van der Waals surface area (Å²) in [5, 5.41) is 9.91. The van der Waals surface area contributed by atoms with E-state index in [1.54, 1.807) is 23.1 Å². The minimum absolute atomic E-state index is 0.00980. The summed E-state index contributed by atoms with van der Waals surface area (Å²) in [7, 11) is 0. The number of amides is 2. The quantitative estimate of drug-likeness (QED) is 0.574. The Morgan fingerprint density at radius 1 is 1.09 bits per heavy atom. The summed E-state index contributed by atoms with van der Waals surface area (Å²) in [6, 6.07) is 14.4. The zero-order valence-electron chi connectivity index (χ0n) is 18.4. The summed E-state index contributed by atoms with van der Waals surface area (Å²) in [6.45, 7) is 3.66. The van der Waals surface area contributed by atoms with Gasteiger partial charge in [-0.05, 0) is 44.0 Å². The van der Waals surface area contributed by atoms with Crippen molar-refractivity contribution in [3.8, 4) is 10.6 Å². The maximum absolute atomic E-state index is 14.1. The number of rotatable bonds is 4. The van der Waals surface area contributed by atoms with Crippen LogP contribution in [0.25, 0.3) is 10.6 Å². The Hall–Kier alpha value is -3.13. The van der Waals surface area contributed by atoms with Gasteiger partial charge >= 0.3 is 0 Å². The van der Waals surface area contributed by atoms with Crippen molar-refractivity contribution < 1.29 is 14.0 Å². The Kier molecular flexibility index (Phi) is 5.93. The van der Waals surface area contributed by atoms with E-state index in [4.69, 9.17) is 0 Å². The molecule has 2 aromatic carbocycles. The first-order chi connectivity index (χ1) is 16.0. The Balaban J connectivity index is 1.26. The van der Waals surface area contributed by atoms with Crippen molar-refractivity contribution >= 4 is 28.8 Å². The smallest absolute Gasteiger partial charge is 0.228 e. The van der Waals surface area contributed by atoms with Crippen LogP contribution in [0.15, 0.2) is 48.5 Å². The molecule has 0 saturated carbocycles. The third-order valence-corrected chi connectivity index (χ3v) is 7.57. The molecule has 2 fully saturated rings. The highest BCUT2D eigenvalue weighted by atomic mass is 32.1. The van der Waals surface area contributed by atoms with Gasteiger partial charge in [-0.2, -0.15) is 0 Å². The minimum atomic E-state index is -0.332. The number of carbonyl (C=O) groups is 2. The standard InChI is InChI=1S/C25H25FN4O2S/c1-16-8-10-19(11-9-16)30-15-18(13-22(30)31)25(32)29-12-4-5-17(14-29)23-27-28-24(33-23)20-6-2-3-7-21(20)26/h2-3,6-11,17-18H,4-5,12-15H2,1H3. The normalized spacial score (nSPS) is 21.0. The lowest BCUT2D eigenvalue weighted by Gasteiger charge is -2.33. The zero-order chi connectivity index (χ0) is 22.9. The van der Waals surface area contributed by atoms with E-state index in [-0.39, 0.29) is 35.9 Å². The van der Waals surface area contributed by atoms with Crippen LogP contribution >= 0.6 is 11.3 Å². The first-order valence-corrected chi connectivity index (χ1v) is 12.1. The summed E-state index contributed by atoms with van der Waals surface area (Å²) in [4.78, 5) is 29.5. The number of hydrogen-bond acceptors (Lipinski definition) is 5. The van der Waals surface area contributed by atoms with Gasteiger partial charge in [0.2, 0.25) is 11.8 Å². The summed E-state index contributed by atoms with van der Waals surface area (Å²) < 4.78 is 14.1. The summed E-state index contributed by atoms with van der Waals surface area (Å²) in [6.07, 6.45) is 2.02. The zero-order valence-corrected chi connectivity index (χ0v) is 19.2. The molecule has 2 aliphatic rings. The van der Waals surface area contributed by atoms with Crippen LogP contribution in [0.1, 0.15) is 35.8 Å². The Morgan fingerprint density at radius 2 is 1.88 bits per heavy atom. The molecule has 0 bridgehead atoms. The van der Waals surface area contributed by atoms with Gasteiger partial charge in [0.05, 0.1) is 5.92 Å². The van der Waals surface area contributed by atoms with Crippen LogP contribution in [0.2, 0.25) is 0 Å². The second-order valence-corrected chi connectivity index (χ2v) is 9.80. The molecule has 33 heavy (non-hydrogen) atoms. The van der Waals surface area contributed by atoms with Crippen molar-refractivity contribution in [1.29, 1.82) is 0 Å². The largest absolute Gasteiger partial charge is 0.342 e. The molecule has 8 heteroatoms. The van der Waals surface area contributed by atoms with Gasteiger partial charge in [0.25, 0.3) is 0 Å². The number of carbonyl (C=O) groups excluding carboxylic acids is 2. The molecule has 0 radical (unpaired) electrons. The van der Waals surface area contributed by atoms with E-state index in [0.717, 1.165) is 29.1 Å². The number of nitrogens with zero attached hydrogens (tertiary/aromatic N) is 4. The summed E-state index contributed by atoms with van der Waals surface area (Å²) in [5.74, 6) is -0.553. The average Bonchev–Trinajstić information content (AvgIpc) is 3.47. The van der Waals surface area contributed by atoms with Gasteiger partial charge in [-0.3, -0.25) is 9.59 Å². The Labute approximate surface area is 196 Å². The molecule has 6 nitrogen and oxygen atoms in total. The molecule has 3 heterocycles. The van der Waals surface area contributed by atoms with Gasteiger partial charge in [0, 0.05) is 43.2 Å². The minimum Gasteiger partial charge on any atom is -0.342 e. The van der Waals surface area contributed by atoms with Crippen LogP contribution < -0.4 is 4.90 Å². The fourth-order valence-corrected chi connectivity index (χ4v) is 5.62. The van der Waals surface area contributed by atoms with E-state index in [0.29, 0.717) is 30.2 Å². The van der Waals surface area contributed by atoms with Gasteiger partial charge in [-0.15, -0.1) is 10.2 Å². The fourth-order valence-electron chi connectivity index (χ4n) is 4.63. The molecule has 170 valence electrons. The third kappa shape index (κ3) is 4.39. The van der Waals surface area contributed by atoms with Crippen LogP contribution in [-0.4, -0.2) is 46.5 Å². The molecule has 2 atom stereocenters. The van der Waals surface area contributed by atoms with Gasteiger partial charge in [0.15, 0.2) is 5.01 Å². The molecule has 0 N–H and O–H groups in total. The number of halogens is 1. The van der Waals surface area contributed by atoms with E-state index >= 15 is 0 Å². The van der Waals surface area contributed by atoms with Crippen molar-refractivity contribution in [2.45, 2.75) is 32.1 Å². The highest BCUT2D eigenvalue weighted by Gasteiger charge is 2.39. The predicted molar refractivity (Wildman–Crippen MR) is 125 cm³/mol. The maximum atomic E-state index is 14.1. The van der Waals surface area contributed by atoms with E-state index in [2.05, 4.69) is 10.2 Å². The molecular weight excluding hydrogens is 439 g/mol. The van der Waals surface area contributed by atoms with Crippen LogP contribution in [0.3, 0.4) is 0 Å². The maximum Gasteiger partial charge on any atom is 0.228 e. The van der Waals surface area contributed by atoms with Crippen molar-refractivity contribution in [3.63, 3.8) is 0 Å². The molecule has 2 amide bonds. The number of aromatic nitrogens is 2. The summed E-state index contributed by atoms with van der Waals surface area (Å²) >= 11 is 1.39.